The molecule has 0 atom stereocenters. The standard InChI is InChI=1S/C7H10N2S/c1-3-6-4-9-7(10-2)5-8-6/h4-5H,3H2,1-2H3. The number of thioether (sulfide) groups is 1. The second-order valence-electron chi connectivity index (χ2n) is 1.90. The van der Waals surface area contributed by atoms with Gasteiger partial charge in [0.2, 0.25) is 0 Å². The van der Waals surface area contributed by atoms with Crippen molar-refractivity contribution in [2.24, 2.45) is 0 Å². The minimum atomic E-state index is 0.960. The van der Waals surface area contributed by atoms with Crippen molar-refractivity contribution in [3.05, 3.63) is 18.1 Å². The maximum Gasteiger partial charge on any atom is 0.114 e. The molecule has 0 aliphatic carbocycles. The van der Waals surface area contributed by atoms with E-state index in [1.54, 1.807) is 11.8 Å². The quantitative estimate of drug-likeness (QED) is 0.607. The minimum absolute atomic E-state index is 0.960. The molecule has 1 rings (SSSR count). The molecular weight excluding hydrogens is 144 g/mol. The number of hydrogen-bond donors (Lipinski definition) is 0. The Kier molecular flexibility index (Phi) is 2.68. The van der Waals surface area contributed by atoms with E-state index >= 15 is 0 Å². The van der Waals surface area contributed by atoms with Crippen LogP contribution in [-0.4, -0.2) is 16.2 Å². The average Bonchev–Trinajstić information content (AvgIpc) is 2.05. The van der Waals surface area contributed by atoms with Gasteiger partial charge in [0.25, 0.3) is 0 Å². The van der Waals surface area contributed by atoms with Crippen molar-refractivity contribution in [1.82, 2.24) is 9.97 Å². The summed E-state index contributed by atoms with van der Waals surface area (Å²) in [5.74, 6) is 0. The number of hydrogen-bond acceptors (Lipinski definition) is 3. The van der Waals surface area contributed by atoms with E-state index < -0.39 is 0 Å². The molecule has 0 spiro atoms. The van der Waals surface area contributed by atoms with E-state index in [0.717, 1.165) is 17.1 Å². The first-order valence-corrected chi connectivity index (χ1v) is 4.44. The van der Waals surface area contributed by atoms with Gasteiger partial charge in [-0.3, -0.25) is 4.98 Å². The Hall–Kier alpha value is -0.570. The van der Waals surface area contributed by atoms with Gasteiger partial charge in [0.15, 0.2) is 0 Å². The molecule has 0 unspecified atom stereocenters. The molecule has 0 N–H and O–H groups in total. The summed E-state index contributed by atoms with van der Waals surface area (Å²) in [5, 5.41) is 0.984. The summed E-state index contributed by atoms with van der Waals surface area (Å²) in [7, 11) is 0. The predicted octanol–water partition coefficient (Wildman–Crippen LogP) is 1.76. The lowest BCUT2D eigenvalue weighted by Gasteiger charge is -1.95. The second-order valence-corrected chi connectivity index (χ2v) is 2.73. The van der Waals surface area contributed by atoms with Gasteiger partial charge in [-0.15, -0.1) is 11.8 Å². The van der Waals surface area contributed by atoms with Crippen LogP contribution in [0.3, 0.4) is 0 Å². The molecule has 0 bridgehead atoms. The molecule has 10 heavy (non-hydrogen) atoms. The van der Waals surface area contributed by atoms with Gasteiger partial charge in [-0.25, -0.2) is 4.98 Å². The molecular formula is C7H10N2S. The summed E-state index contributed by atoms with van der Waals surface area (Å²) < 4.78 is 0. The minimum Gasteiger partial charge on any atom is -0.257 e. The molecule has 0 aliphatic heterocycles. The fourth-order valence-corrected chi connectivity index (χ4v) is 0.947. The van der Waals surface area contributed by atoms with Crippen LogP contribution in [0.15, 0.2) is 17.4 Å². The average molecular weight is 154 g/mol. The molecule has 0 aromatic carbocycles. The number of aryl methyl sites for hydroxylation is 1. The molecule has 1 heterocycles. The van der Waals surface area contributed by atoms with Gasteiger partial charge in [-0.05, 0) is 12.7 Å². The van der Waals surface area contributed by atoms with E-state index in [9.17, 15) is 0 Å². The molecule has 0 fully saturated rings. The zero-order valence-corrected chi connectivity index (χ0v) is 6.98. The summed E-state index contributed by atoms with van der Waals surface area (Å²) in [4.78, 5) is 8.35. The van der Waals surface area contributed by atoms with Crippen LogP contribution >= 0.6 is 11.8 Å². The molecule has 2 nitrogen and oxygen atoms in total. The van der Waals surface area contributed by atoms with Gasteiger partial charge in [0.05, 0.1) is 11.9 Å². The molecule has 1 aromatic rings. The van der Waals surface area contributed by atoms with Crippen molar-refractivity contribution < 1.29 is 0 Å². The summed E-state index contributed by atoms with van der Waals surface area (Å²) in [5.41, 5.74) is 1.05. The van der Waals surface area contributed by atoms with Crippen LogP contribution in [0.2, 0.25) is 0 Å². The SMILES string of the molecule is CCc1cnc(SC)cn1. The zero-order chi connectivity index (χ0) is 7.40. The number of rotatable bonds is 2. The first-order valence-electron chi connectivity index (χ1n) is 3.21. The third-order valence-corrected chi connectivity index (χ3v) is 1.88. The van der Waals surface area contributed by atoms with Crippen LogP contribution < -0.4 is 0 Å². The van der Waals surface area contributed by atoms with E-state index in [0.29, 0.717) is 0 Å². The Morgan fingerprint density at radius 1 is 1.40 bits per heavy atom. The Morgan fingerprint density at radius 2 is 2.20 bits per heavy atom. The van der Waals surface area contributed by atoms with Crippen LogP contribution in [0, 0.1) is 0 Å². The predicted molar refractivity (Wildman–Crippen MR) is 43.2 cm³/mol. The second kappa shape index (κ2) is 3.56. The third-order valence-electron chi connectivity index (χ3n) is 1.25. The first kappa shape index (κ1) is 7.54. The van der Waals surface area contributed by atoms with E-state index in [-0.39, 0.29) is 0 Å². The van der Waals surface area contributed by atoms with Crippen molar-refractivity contribution in [3.63, 3.8) is 0 Å². The van der Waals surface area contributed by atoms with Gasteiger partial charge in [0.1, 0.15) is 5.03 Å². The van der Waals surface area contributed by atoms with Crippen molar-refractivity contribution in [1.29, 1.82) is 0 Å². The molecule has 0 amide bonds. The van der Waals surface area contributed by atoms with Crippen molar-refractivity contribution in [2.75, 3.05) is 6.26 Å². The number of nitrogens with zero attached hydrogens (tertiary/aromatic N) is 2. The highest BCUT2D eigenvalue weighted by molar-refractivity contribution is 7.98. The maximum absolute atomic E-state index is 4.18. The van der Waals surface area contributed by atoms with E-state index in [4.69, 9.17) is 0 Å². The fraction of sp³-hybridized carbons (Fsp3) is 0.429. The largest absolute Gasteiger partial charge is 0.257 e. The van der Waals surface area contributed by atoms with Crippen LogP contribution in [0.25, 0.3) is 0 Å². The van der Waals surface area contributed by atoms with Crippen LogP contribution in [-0.2, 0) is 6.42 Å². The van der Waals surface area contributed by atoms with Crippen molar-refractivity contribution in [3.8, 4) is 0 Å². The van der Waals surface area contributed by atoms with Gasteiger partial charge in [-0.2, -0.15) is 0 Å². The molecule has 0 aliphatic rings. The van der Waals surface area contributed by atoms with Gasteiger partial charge in [-0.1, -0.05) is 6.92 Å². The highest BCUT2D eigenvalue weighted by atomic mass is 32.2. The maximum atomic E-state index is 4.18. The normalized spacial score (nSPS) is 9.80. The van der Waals surface area contributed by atoms with Gasteiger partial charge in [0, 0.05) is 6.20 Å². The highest BCUT2D eigenvalue weighted by Gasteiger charge is 1.91. The first-order chi connectivity index (χ1) is 4.86. The van der Waals surface area contributed by atoms with Crippen LogP contribution in [0.4, 0.5) is 0 Å². The smallest absolute Gasteiger partial charge is 0.114 e. The van der Waals surface area contributed by atoms with Crippen molar-refractivity contribution >= 4 is 11.8 Å². The Balaban J connectivity index is 2.80. The molecule has 0 radical (unpaired) electrons. The Labute approximate surface area is 65.1 Å². The lowest BCUT2D eigenvalue weighted by molar-refractivity contribution is 0.948. The summed E-state index contributed by atoms with van der Waals surface area (Å²) in [6.45, 7) is 2.07. The lowest BCUT2D eigenvalue weighted by atomic mass is 10.4. The summed E-state index contributed by atoms with van der Waals surface area (Å²) >= 11 is 1.61. The topological polar surface area (TPSA) is 25.8 Å². The molecule has 0 saturated carbocycles. The van der Waals surface area contributed by atoms with Gasteiger partial charge < -0.3 is 0 Å². The van der Waals surface area contributed by atoms with Gasteiger partial charge >= 0.3 is 0 Å². The van der Waals surface area contributed by atoms with Crippen LogP contribution in [0.1, 0.15) is 12.6 Å². The third kappa shape index (κ3) is 1.70. The molecule has 3 heteroatoms. The monoisotopic (exact) mass is 154 g/mol. The Morgan fingerprint density at radius 3 is 2.60 bits per heavy atom. The Bertz CT molecular complexity index is 172. The zero-order valence-electron chi connectivity index (χ0n) is 6.16. The van der Waals surface area contributed by atoms with Crippen LogP contribution in [0.5, 0.6) is 0 Å². The number of aromatic nitrogens is 2. The molecule has 0 saturated heterocycles. The highest BCUT2D eigenvalue weighted by Crippen LogP contribution is 2.08. The van der Waals surface area contributed by atoms with E-state index in [2.05, 4.69) is 16.9 Å². The van der Waals surface area contributed by atoms with E-state index in [1.165, 1.54) is 0 Å². The summed E-state index contributed by atoms with van der Waals surface area (Å²) in [6.07, 6.45) is 6.59. The molecule has 1 aromatic heterocycles. The fourth-order valence-electron chi connectivity index (χ4n) is 0.631. The lowest BCUT2D eigenvalue weighted by Crippen LogP contribution is -1.88. The summed E-state index contributed by atoms with van der Waals surface area (Å²) in [6, 6.07) is 0. The van der Waals surface area contributed by atoms with E-state index in [1.807, 2.05) is 18.6 Å². The molecule has 54 valence electrons. The van der Waals surface area contributed by atoms with Crippen molar-refractivity contribution in [2.45, 2.75) is 18.4 Å².